The van der Waals surface area contributed by atoms with E-state index in [4.69, 9.17) is 0 Å². The first-order valence-electron chi connectivity index (χ1n) is 8.62. The SMILES string of the molecule is CCCCCc1nc(-c2cc3n(n2)CCN(C)C3=O)n(CC(F)(F)F)n1. The zero-order valence-corrected chi connectivity index (χ0v) is 14.8. The van der Waals surface area contributed by atoms with Crippen LogP contribution in [0.5, 0.6) is 0 Å². The molecular weight excluding hydrogens is 349 g/mol. The molecule has 142 valence electrons. The number of carbonyl (C=O) groups excluding carboxylic acids is 1. The second-order valence-electron chi connectivity index (χ2n) is 6.45. The van der Waals surface area contributed by atoms with Crippen LogP contribution in [0.4, 0.5) is 13.2 Å². The molecular formula is C16H21F3N6O. The van der Waals surface area contributed by atoms with Gasteiger partial charge in [-0.05, 0) is 6.42 Å². The van der Waals surface area contributed by atoms with Gasteiger partial charge in [0.05, 0.1) is 6.54 Å². The summed E-state index contributed by atoms with van der Waals surface area (Å²) in [5.41, 5.74) is 0.588. The predicted molar refractivity (Wildman–Crippen MR) is 87.5 cm³/mol. The fraction of sp³-hybridized carbons (Fsp3) is 0.625. The molecule has 1 aliphatic heterocycles. The van der Waals surface area contributed by atoms with Crippen molar-refractivity contribution in [2.75, 3.05) is 13.6 Å². The summed E-state index contributed by atoms with van der Waals surface area (Å²) >= 11 is 0. The zero-order valence-electron chi connectivity index (χ0n) is 14.8. The van der Waals surface area contributed by atoms with E-state index >= 15 is 0 Å². The van der Waals surface area contributed by atoms with Gasteiger partial charge in [-0.3, -0.25) is 9.48 Å². The van der Waals surface area contributed by atoms with Crippen molar-refractivity contribution in [2.45, 2.75) is 51.9 Å². The average Bonchev–Trinajstić information content (AvgIpc) is 3.14. The van der Waals surface area contributed by atoms with Crippen LogP contribution in [0, 0.1) is 0 Å². The predicted octanol–water partition coefficient (Wildman–Crippen LogP) is 2.52. The Labute approximate surface area is 148 Å². The van der Waals surface area contributed by atoms with E-state index < -0.39 is 12.7 Å². The Morgan fingerprint density at radius 2 is 1.96 bits per heavy atom. The van der Waals surface area contributed by atoms with Gasteiger partial charge in [0.1, 0.15) is 17.9 Å². The lowest BCUT2D eigenvalue weighted by Crippen LogP contribution is -2.37. The molecule has 0 aliphatic carbocycles. The molecule has 10 heteroatoms. The normalized spacial score (nSPS) is 14.8. The fourth-order valence-electron chi connectivity index (χ4n) is 2.91. The van der Waals surface area contributed by atoms with Crippen molar-refractivity contribution in [1.29, 1.82) is 0 Å². The molecule has 3 rings (SSSR count). The van der Waals surface area contributed by atoms with Crippen molar-refractivity contribution in [3.8, 4) is 11.5 Å². The molecule has 1 amide bonds. The van der Waals surface area contributed by atoms with Gasteiger partial charge in [0.15, 0.2) is 11.6 Å². The lowest BCUT2D eigenvalue weighted by molar-refractivity contribution is -0.142. The van der Waals surface area contributed by atoms with Crippen LogP contribution in [0.1, 0.15) is 42.5 Å². The molecule has 0 bridgehead atoms. The molecule has 2 aromatic heterocycles. The van der Waals surface area contributed by atoms with Crippen molar-refractivity contribution in [1.82, 2.24) is 29.4 Å². The van der Waals surface area contributed by atoms with Gasteiger partial charge in [-0.25, -0.2) is 9.67 Å². The molecule has 3 heterocycles. The Bertz CT molecular complexity index is 794. The Balaban J connectivity index is 1.95. The van der Waals surface area contributed by atoms with Crippen LogP contribution in [0.15, 0.2) is 6.07 Å². The highest BCUT2D eigenvalue weighted by atomic mass is 19.4. The maximum atomic E-state index is 12.9. The largest absolute Gasteiger partial charge is 0.408 e. The molecule has 0 fully saturated rings. The van der Waals surface area contributed by atoms with Gasteiger partial charge >= 0.3 is 6.18 Å². The molecule has 0 unspecified atom stereocenters. The van der Waals surface area contributed by atoms with Crippen LogP contribution < -0.4 is 0 Å². The number of halogens is 3. The maximum Gasteiger partial charge on any atom is 0.408 e. The summed E-state index contributed by atoms with van der Waals surface area (Å²) in [6.45, 7) is 1.81. The third-order valence-electron chi connectivity index (χ3n) is 4.27. The second kappa shape index (κ2) is 7.08. The summed E-state index contributed by atoms with van der Waals surface area (Å²) in [4.78, 5) is 18.0. The smallest absolute Gasteiger partial charge is 0.339 e. The molecule has 0 aromatic carbocycles. The van der Waals surface area contributed by atoms with E-state index in [2.05, 4.69) is 15.2 Å². The number of hydrogen-bond acceptors (Lipinski definition) is 4. The molecule has 0 spiro atoms. The molecule has 1 aliphatic rings. The van der Waals surface area contributed by atoms with Crippen molar-refractivity contribution >= 4 is 5.91 Å². The number of alkyl halides is 3. The summed E-state index contributed by atoms with van der Waals surface area (Å²) in [5, 5.41) is 8.31. The number of amides is 1. The maximum absolute atomic E-state index is 12.9. The molecule has 26 heavy (non-hydrogen) atoms. The minimum atomic E-state index is -4.42. The fourth-order valence-corrected chi connectivity index (χ4v) is 2.91. The monoisotopic (exact) mass is 370 g/mol. The van der Waals surface area contributed by atoms with Gasteiger partial charge in [-0.15, -0.1) is 0 Å². The van der Waals surface area contributed by atoms with Gasteiger partial charge < -0.3 is 4.90 Å². The Hall–Kier alpha value is -2.39. The highest BCUT2D eigenvalue weighted by Crippen LogP contribution is 2.25. The van der Waals surface area contributed by atoms with Crippen LogP contribution >= 0.6 is 0 Å². The van der Waals surface area contributed by atoms with Gasteiger partial charge in [0.25, 0.3) is 5.91 Å². The van der Waals surface area contributed by atoms with Crippen molar-refractivity contribution in [2.24, 2.45) is 0 Å². The Morgan fingerprint density at radius 3 is 2.65 bits per heavy atom. The molecule has 0 atom stereocenters. The summed E-state index contributed by atoms with van der Waals surface area (Å²) in [6, 6.07) is 1.49. The minimum Gasteiger partial charge on any atom is -0.339 e. The average molecular weight is 370 g/mol. The minimum absolute atomic E-state index is 0.0474. The number of aromatic nitrogens is 5. The highest BCUT2D eigenvalue weighted by Gasteiger charge is 2.32. The number of likely N-dealkylation sites (N-methyl/N-ethyl adjacent to an activating group) is 1. The van der Waals surface area contributed by atoms with E-state index in [1.54, 1.807) is 11.9 Å². The summed E-state index contributed by atoms with van der Waals surface area (Å²) in [6.07, 6.45) is -1.13. The van der Waals surface area contributed by atoms with Gasteiger partial charge in [-0.2, -0.15) is 23.4 Å². The van der Waals surface area contributed by atoms with E-state index in [9.17, 15) is 18.0 Å². The van der Waals surface area contributed by atoms with Gasteiger partial charge in [-0.1, -0.05) is 19.8 Å². The zero-order chi connectivity index (χ0) is 18.9. The molecule has 0 N–H and O–H groups in total. The van der Waals surface area contributed by atoms with Crippen molar-refractivity contribution in [3.05, 3.63) is 17.6 Å². The molecule has 0 radical (unpaired) electrons. The molecule has 7 nitrogen and oxygen atoms in total. The Kier molecular flexibility index (Phi) is 5.01. The van der Waals surface area contributed by atoms with Crippen LogP contribution in [0.25, 0.3) is 11.5 Å². The summed E-state index contributed by atoms with van der Waals surface area (Å²) in [7, 11) is 1.68. The van der Waals surface area contributed by atoms with E-state index in [0.717, 1.165) is 23.9 Å². The molecule has 2 aromatic rings. The second-order valence-corrected chi connectivity index (χ2v) is 6.45. The number of hydrogen-bond donors (Lipinski definition) is 0. The summed E-state index contributed by atoms with van der Waals surface area (Å²) < 4.78 is 41.1. The quantitative estimate of drug-likeness (QED) is 0.733. The van der Waals surface area contributed by atoms with E-state index in [-0.39, 0.29) is 17.4 Å². The van der Waals surface area contributed by atoms with Gasteiger partial charge in [0, 0.05) is 26.1 Å². The molecule has 0 saturated heterocycles. The van der Waals surface area contributed by atoms with E-state index in [0.29, 0.717) is 31.0 Å². The van der Waals surface area contributed by atoms with Crippen molar-refractivity contribution < 1.29 is 18.0 Å². The van der Waals surface area contributed by atoms with E-state index in [1.807, 2.05) is 6.92 Å². The standard InChI is InChI=1S/C16H21F3N6O/c1-3-4-5-6-13-20-14(25(22-13)10-16(17,18)19)11-9-12-15(26)23(2)7-8-24(12)21-11/h9H,3-8,10H2,1-2H3. The van der Waals surface area contributed by atoms with Crippen molar-refractivity contribution in [3.63, 3.8) is 0 Å². The van der Waals surface area contributed by atoms with Crippen LogP contribution in [0.2, 0.25) is 0 Å². The third kappa shape index (κ3) is 3.88. The summed E-state index contributed by atoms with van der Waals surface area (Å²) in [5.74, 6) is 0.207. The van der Waals surface area contributed by atoms with E-state index in [1.165, 1.54) is 10.7 Å². The lowest BCUT2D eigenvalue weighted by atomic mass is 10.2. The third-order valence-corrected chi connectivity index (χ3v) is 4.27. The Morgan fingerprint density at radius 1 is 1.19 bits per heavy atom. The number of rotatable bonds is 6. The topological polar surface area (TPSA) is 68.8 Å². The van der Waals surface area contributed by atoms with Crippen LogP contribution in [0.3, 0.4) is 0 Å². The number of unbranched alkanes of at least 4 members (excludes halogenated alkanes) is 2. The first kappa shape index (κ1) is 18.4. The van der Waals surface area contributed by atoms with Gasteiger partial charge in [0.2, 0.25) is 0 Å². The highest BCUT2D eigenvalue weighted by molar-refractivity contribution is 5.94. The number of fused-ring (bicyclic) bond motifs is 1. The van der Waals surface area contributed by atoms with Crippen LogP contribution in [-0.4, -0.2) is 55.1 Å². The first-order valence-corrected chi connectivity index (χ1v) is 8.62. The lowest BCUT2D eigenvalue weighted by Gasteiger charge is -2.22. The number of aryl methyl sites for hydroxylation is 1. The number of carbonyl (C=O) groups is 1. The molecule has 0 saturated carbocycles. The van der Waals surface area contributed by atoms with Crippen LogP contribution in [-0.2, 0) is 19.5 Å². The number of nitrogens with zero attached hydrogens (tertiary/aromatic N) is 6. The first-order chi connectivity index (χ1) is 12.3.